The van der Waals surface area contributed by atoms with E-state index in [1.54, 1.807) is 6.08 Å². The van der Waals surface area contributed by atoms with Gasteiger partial charge in [0.15, 0.2) is 11.6 Å². The molecule has 8 atom stereocenters. The van der Waals surface area contributed by atoms with Gasteiger partial charge < -0.3 is 9.84 Å². The van der Waals surface area contributed by atoms with Gasteiger partial charge in [-0.25, -0.2) is 0 Å². The summed E-state index contributed by atoms with van der Waals surface area (Å²) in [6.07, 6.45) is 9.68. The summed E-state index contributed by atoms with van der Waals surface area (Å²) in [7, 11) is 0. The molecule has 0 aromatic heterocycles. The SMILES string of the molecule is C[C@@H]1C[C@H]2[C@H]3CCC4=CC(=O)C=C[C@@]4(C)[C@@]34O[C@@H]4C[C@]2(C)[C@H]1C(=O)CO. The highest BCUT2D eigenvalue weighted by atomic mass is 16.6. The number of Topliss-reactive ketones (excluding diaryl/α,β-unsaturated/α-hetero) is 1. The molecule has 4 fully saturated rings. The summed E-state index contributed by atoms with van der Waals surface area (Å²) < 4.78 is 6.50. The number of hydrogen-bond acceptors (Lipinski definition) is 4. The summed E-state index contributed by atoms with van der Waals surface area (Å²) >= 11 is 0. The Balaban J connectivity index is 1.57. The van der Waals surface area contributed by atoms with Crippen molar-refractivity contribution < 1.29 is 19.4 Å². The number of aliphatic hydroxyl groups excluding tert-OH is 1. The van der Waals surface area contributed by atoms with Crippen LogP contribution in [0.5, 0.6) is 0 Å². The summed E-state index contributed by atoms with van der Waals surface area (Å²) in [4.78, 5) is 24.4. The van der Waals surface area contributed by atoms with Crippen molar-refractivity contribution in [2.45, 2.75) is 58.2 Å². The molecule has 4 aliphatic carbocycles. The maximum atomic E-state index is 12.5. The monoisotopic (exact) mass is 356 g/mol. The van der Waals surface area contributed by atoms with E-state index < -0.39 is 0 Å². The van der Waals surface area contributed by atoms with Gasteiger partial charge in [0.2, 0.25) is 0 Å². The minimum atomic E-state index is -0.353. The number of aliphatic hydroxyl groups is 1. The molecule has 0 aromatic carbocycles. The predicted molar refractivity (Wildman–Crippen MR) is 96.2 cm³/mol. The molecule has 3 saturated carbocycles. The molecule has 140 valence electrons. The molecule has 5 rings (SSSR count). The van der Waals surface area contributed by atoms with Gasteiger partial charge in [-0.2, -0.15) is 0 Å². The van der Waals surface area contributed by atoms with Crippen LogP contribution in [-0.2, 0) is 14.3 Å². The third-order valence-electron chi connectivity index (χ3n) is 8.78. The minimum Gasteiger partial charge on any atom is -0.389 e. The van der Waals surface area contributed by atoms with Crippen LogP contribution in [-0.4, -0.2) is 35.0 Å². The molecular weight excluding hydrogens is 328 g/mol. The van der Waals surface area contributed by atoms with E-state index >= 15 is 0 Å². The zero-order chi connectivity index (χ0) is 18.5. The molecule has 0 radical (unpaired) electrons. The van der Waals surface area contributed by atoms with Crippen molar-refractivity contribution >= 4 is 11.6 Å². The summed E-state index contributed by atoms with van der Waals surface area (Å²) in [6.45, 7) is 6.33. The van der Waals surface area contributed by atoms with Gasteiger partial charge in [0.05, 0.1) is 6.10 Å². The molecule has 5 aliphatic rings. The second-order valence-electron chi connectivity index (χ2n) is 9.78. The Morgan fingerprint density at radius 2 is 2.12 bits per heavy atom. The number of rotatable bonds is 2. The van der Waals surface area contributed by atoms with E-state index in [1.807, 2.05) is 6.08 Å². The van der Waals surface area contributed by atoms with Gasteiger partial charge >= 0.3 is 0 Å². The van der Waals surface area contributed by atoms with Gasteiger partial charge in [-0.1, -0.05) is 25.5 Å². The van der Waals surface area contributed by atoms with Crippen molar-refractivity contribution in [1.82, 2.24) is 0 Å². The normalized spacial score (nSPS) is 53.9. The van der Waals surface area contributed by atoms with E-state index in [-0.39, 0.29) is 46.6 Å². The van der Waals surface area contributed by atoms with Crippen molar-refractivity contribution in [2.75, 3.05) is 6.61 Å². The van der Waals surface area contributed by atoms with Gasteiger partial charge in [0, 0.05) is 11.3 Å². The standard InChI is InChI=1S/C22H28O4/c1-12-8-16-15-5-4-13-9-14(24)6-7-21(13,3)22(15)18(26-22)10-20(16,2)19(12)17(25)11-23/h6-7,9,12,15-16,18-19,23H,4-5,8,10-11H2,1-3H3/t12-,15-,16+,18-,19-,20+,21-,22-/m1/s1. The fourth-order valence-corrected chi connectivity index (χ4v) is 7.80. The molecule has 1 N–H and O–H groups in total. The number of fused-ring (bicyclic) bond motifs is 3. The van der Waals surface area contributed by atoms with Crippen LogP contribution in [0, 0.1) is 34.5 Å². The number of epoxide rings is 1. The number of allylic oxidation sites excluding steroid dienone is 2. The van der Waals surface area contributed by atoms with Gasteiger partial charge in [-0.15, -0.1) is 0 Å². The molecule has 4 heteroatoms. The number of ketones is 2. The Morgan fingerprint density at radius 1 is 1.35 bits per heavy atom. The zero-order valence-corrected chi connectivity index (χ0v) is 15.8. The van der Waals surface area contributed by atoms with Crippen LogP contribution in [0.25, 0.3) is 0 Å². The largest absolute Gasteiger partial charge is 0.389 e. The first kappa shape index (κ1) is 16.9. The summed E-state index contributed by atoms with van der Waals surface area (Å²) in [6, 6.07) is 0. The molecule has 1 saturated heterocycles. The van der Waals surface area contributed by atoms with Crippen LogP contribution in [0.15, 0.2) is 23.8 Å². The van der Waals surface area contributed by atoms with Crippen LogP contribution in [0.1, 0.15) is 46.5 Å². The van der Waals surface area contributed by atoms with E-state index in [9.17, 15) is 14.7 Å². The molecule has 0 amide bonds. The topological polar surface area (TPSA) is 66.9 Å². The Morgan fingerprint density at radius 3 is 2.85 bits per heavy atom. The quantitative estimate of drug-likeness (QED) is 0.773. The molecule has 26 heavy (non-hydrogen) atoms. The zero-order valence-electron chi connectivity index (χ0n) is 15.8. The molecule has 4 nitrogen and oxygen atoms in total. The number of ether oxygens (including phenoxy) is 1. The van der Waals surface area contributed by atoms with Crippen LogP contribution < -0.4 is 0 Å². The highest BCUT2D eigenvalue weighted by Crippen LogP contribution is 2.75. The van der Waals surface area contributed by atoms with Crippen molar-refractivity contribution in [3.8, 4) is 0 Å². The summed E-state index contributed by atoms with van der Waals surface area (Å²) in [5.41, 5.74) is 0.745. The van der Waals surface area contributed by atoms with Crippen LogP contribution in [0.4, 0.5) is 0 Å². The average Bonchev–Trinajstić information content (AvgIpc) is 3.24. The second kappa shape index (κ2) is 4.96. The van der Waals surface area contributed by atoms with Gasteiger partial charge in [0.25, 0.3) is 0 Å². The molecule has 1 spiro atoms. The van der Waals surface area contributed by atoms with Crippen molar-refractivity contribution in [2.24, 2.45) is 34.5 Å². The molecule has 0 aromatic rings. The van der Waals surface area contributed by atoms with Crippen molar-refractivity contribution in [3.05, 3.63) is 23.8 Å². The molecule has 0 unspecified atom stereocenters. The Kier molecular flexibility index (Phi) is 3.22. The first-order chi connectivity index (χ1) is 12.3. The van der Waals surface area contributed by atoms with Gasteiger partial charge in [0.1, 0.15) is 12.2 Å². The molecule has 0 bridgehead atoms. The van der Waals surface area contributed by atoms with E-state index in [0.29, 0.717) is 17.8 Å². The smallest absolute Gasteiger partial charge is 0.178 e. The predicted octanol–water partition coefficient (Wildman–Crippen LogP) is 2.85. The number of carbonyl (C=O) groups excluding carboxylic acids is 2. The molecular formula is C22H28O4. The van der Waals surface area contributed by atoms with Gasteiger partial charge in [-0.3, -0.25) is 9.59 Å². The summed E-state index contributed by atoms with van der Waals surface area (Å²) in [5, 5.41) is 9.52. The Labute approximate surface area is 154 Å². The second-order valence-corrected chi connectivity index (χ2v) is 9.78. The highest BCUT2D eigenvalue weighted by molar-refractivity contribution is 6.01. The summed E-state index contributed by atoms with van der Waals surface area (Å²) in [5.74, 6) is 1.21. The molecule has 1 aliphatic heterocycles. The maximum Gasteiger partial charge on any atom is 0.178 e. The fourth-order valence-electron chi connectivity index (χ4n) is 7.80. The van der Waals surface area contributed by atoms with E-state index in [1.165, 1.54) is 5.57 Å². The van der Waals surface area contributed by atoms with Gasteiger partial charge in [-0.05, 0) is 67.9 Å². The van der Waals surface area contributed by atoms with Crippen molar-refractivity contribution in [3.63, 3.8) is 0 Å². The lowest BCUT2D eigenvalue weighted by atomic mass is 9.47. The number of carbonyl (C=O) groups is 2. The van der Waals surface area contributed by atoms with E-state index in [4.69, 9.17) is 4.74 Å². The third kappa shape index (κ3) is 1.73. The van der Waals surface area contributed by atoms with Crippen LogP contribution >= 0.6 is 0 Å². The van der Waals surface area contributed by atoms with E-state index in [0.717, 1.165) is 25.7 Å². The lowest BCUT2D eigenvalue weighted by Gasteiger charge is -2.54. The number of hydrogen-bond donors (Lipinski definition) is 1. The third-order valence-corrected chi connectivity index (χ3v) is 8.78. The lowest BCUT2D eigenvalue weighted by Crippen LogP contribution is -2.57. The van der Waals surface area contributed by atoms with E-state index in [2.05, 4.69) is 26.8 Å². The highest BCUT2D eigenvalue weighted by Gasteiger charge is 2.79. The Hall–Kier alpha value is -1.26. The minimum absolute atomic E-state index is 0.00131. The Bertz CT molecular complexity index is 766. The first-order valence-corrected chi connectivity index (χ1v) is 10.0. The maximum absolute atomic E-state index is 12.5. The van der Waals surface area contributed by atoms with Crippen LogP contribution in [0.2, 0.25) is 0 Å². The fraction of sp³-hybridized carbons (Fsp3) is 0.727. The van der Waals surface area contributed by atoms with Crippen molar-refractivity contribution in [1.29, 1.82) is 0 Å². The first-order valence-electron chi connectivity index (χ1n) is 10.0. The van der Waals surface area contributed by atoms with Crippen LogP contribution in [0.3, 0.4) is 0 Å². The average molecular weight is 356 g/mol. The lowest BCUT2D eigenvalue weighted by molar-refractivity contribution is -0.132. The molecule has 1 heterocycles.